The maximum Gasteiger partial charge on any atom is 0.181 e. The number of hydrogen-bond acceptors (Lipinski definition) is 4. The van der Waals surface area contributed by atoms with Crippen molar-refractivity contribution >= 4 is 26.7 Å². The highest BCUT2D eigenvalue weighted by atomic mass is 32.1. The lowest BCUT2D eigenvalue weighted by Gasteiger charge is -1.96. The predicted molar refractivity (Wildman–Crippen MR) is 53.2 cm³/mol. The zero-order chi connectivity index (χ0) is 8.84. The van der Waals surface area contributed by atoms with Gasteiger partial charge in [-0.25, -0.2) is 4.98 Å². The molecule has 13 heavy (non-hydrogen) atoms. The van der Waals surface area contributed by atoms with Crippen LogP contribution in [0.3, 0.4) is 0 Å². The second-order valence-corrected chi connectivity index (χ2v) is 4.14. The molecular formula is C9H8N2OS. The average molecular weight is 192 g/mol. The fraction of sp³-hybridized carbons (Fsp3) is 0.222. The van der Waals surface area contributed by atoms with Crippen LogP contribution in [0.2, 0.25) is 0 Å². The molecular weight excluding hydrogens is 184 g/mol. The summed E-state index contributed by atoms with van der Waals surface area (Å²) in [7, 11) is 0. The van der Waals surface area contributed by atoms with E-state index in [0.717, 1.165) is 29.0 Å². The van der Waals surface area contributed by atoms with E-state index >= 15 is 0 Å². The van der Waals surface area contributed by atoms with Gasteiger partial charge in [-0.1, -0.05) is 11.3 Å². The minimum atomic E-state index is 0.624. The number of benzene rings is 1. The summed E-state index contributed by atoms with van der Waals surface area (Å²) in [5, 5.41) is 0.624. The first kappa shape index (κ1) is 7.15. The van der Waals surface area contributed by atoms with E-state index in [9.17, 15) is 0 Å². The molecule has 2 heterocycles. The lowest BCUT2D eigenvalue weighted by atomic mass is 10.1. The van der Waals surface area contributed by atoms with E-state index < -0.39 is 0 Å². The van der Waals surface area contributed by atoms with Crippen LogP contribution in [0.25, 0.3) is 10.2 Å². The van der Waals surface area contributed by atoms with Crippen molar-refractivity contribution in [2.45, 2.75) is 6.42 Å². The summed E-state index contributed by atoms with van der Waals surface area (Å²) < 4.78 is 6.56. The van der Waals surface area contributed by atoms with Crippen molar-refractivity contribution in [2.75, 3.05) is 12.3 Å². The Kier molecular flexibility index (Phi) is 1.29. The van der Waals surface area contributed by atoms with E-state index in [1.54, 1.807) is 0 Å². The van der Waals surface area contributed by atoms with Crippen molar-refractivity contribution in [1.82, 2.24) is 4.98 Å². The molecule has 0 saturated carbocycles. The summed E-state index contributed by atoms with van der Waals surface area (Å²) in [6, 6.07) is 4.11. The molecule has 0 bridgehead atoms. The minimum absolute atomic E-state index is 0.624. The van der Waals surface area contributed by atoms with E-state index in [1.807, 2.05) is 6.07 Å². The van der Waals surface area contributed by atoms with Crippen LogP contribution < -0.4 is 10.5 Å². The SMILES string of the molecule is Nc1nc2cc3c(cc2s1)OCC3. The standard InChI is InChI=1S/C9H8N2OS/c10-9-11-6-3-5-1-2-12-7(5)4-8(6)13-9/h3-4H,1-2H2,(H2,10,11). The molecule has 2 N–H and O–H groups in total. The van der Waals surface area contributed by atoms with Crippen LogP contribution in [0.15, 0.2) is 12.1 Å². The van der Waals surface area contributed by atoms with Gasteiger partial charge in [0, 0.05) is 6.42 Å². The first-order valence-electron chi connectivity index (χ1n) is 4.15. The van der Waals surface area contributed by atoms with Gasteiger partial charge in [0.05, 0.1) is 16.8 Å². The van der Waals surface area contributed by atoms with Crippen LogP contribution in [-0.4, -0.2) is 11.6 Å². The molecule has 0 spiro atoms. The van der Waals surface area contributed by atoms with E-state index in [4.69, 9.17) is 10.5 Å². The highest BCUT2D eigenvalue weighted by Gasteiger charge is 2.14. The highest BCUT2D eigenvalue weighted by Crippen LogP contribution is 2.33. The van der Waals surface area contributed by atoms with Crippen LogP contribution in [0, 0.1) is 0 Å². The Morgan fingerprint density at radius 1 is 1.46 bits per heavy atom. The summed E-state index contributed by atoms with van der Waals surface area (Å²) in [5.74, 6) is 0.996. The molecule has 0 saturated heterocycles. The van der Waals surface area contributed by atoms with Crippen LogP contribution in [0.5, 0.6) is 5.75 Å². The van der Waals surface area contributed by atoms with Gasteiger partial charge in [0.15, 0.2) is 5.13 Å². The molecule has 0 unspecified atom stereocenters. The van der Waals surface area contributed by atoms with Gasteiger partial charge in [-0.15, -0.1) is 0 Å². The molecule has 1 aliphatic heterocycles. The predicted octanol–water partition coefficient (Wildman–Crippen LogP) is 1.81. The number of fused-ring (bicyclic) bond motifs is 2. The summed E-state index contributed by atoms with van der Waals surface area (Å²) in [4.78, 5) is 4.23. The quantitative estimate of drug-likeness (QED) is 0.692. The lowest BCUT2D eigenvalue weighted by Crippen LogP contribution is -1.85. The molecule has 0 atom stereocenters. The third-order valence-electron chi connectivity index (χ3n) is 2.22. The number of aromatic nitrogens is 1. The Morgan fingerprint density at radius 2 is 2.38 bits per heavy atom. The number of hydrogen-bond donors (Lipinski definition) is 1. The normalized spacial score (nSPS) is 14.5. The van der Waals surface area contributed by atoms with E-state index in [2.05, 4.69) is 11.1 Å². The smallest absolute Gasteiger partial charge is 0.181 e. The van der Waals surface area contributed by atoms with Gasteiger partial charge in [0.25, 0.3) is 0 Å². The molecule has 66 valence electrons. The molecule has 3 rings (SSSR count). The Hall–Kier alpha value is -1.29. The van der Waals surface area contributed by atoms with Crippen molar-refractivity contribution in [2.24, 2.45) is 0 Å². The maximum atomic E-state index is 5.62. The van der Waals surface area contributed by atoms with Crippen molar-refractivity contribution in [3.8, 4) is 5.75 Å². The minimum Gasteiger partial charge on any atom is -0.493 e. The van der Waals surface area contributed by atoms with Crippen LogP contribution in [0.1, 0.15) is 5.56 Å². The molecule has 1 aromatic carbocycles. The van der Waals surface area contributed by atoms with Gasteiger partial charge in [-0.3, -0.25) is 0 Å². The number of nitrogens with two attached hydrogens (primary N) is 1. The van der Waals surface area contributed by atoms with Crippen LogP contribution >= 0.6 is 11.3 Å². The molecule has 1 aliphatic rings. The van der Waals surface area contributed by atoms with Crippen molar-refractivity contribution in [1.29, 1.82) is 0 Å². The second-order valence-electron chi connectivity index (χ2n) is 3.08. The Balaban J connectivity index is 2.35. The number of thiazole rings is 1. The summed E-state index contributed by atoms with van der Waals surface area (Å²) in [6.07, 6.45) is 0.989. The van der Waals surface area contributed by atoms with E-state index in [-0.39, 0.29) is 0 Å². The molecule has 0 amide bonds. The molecule has 0 radical (unpaired) electrons. The summed E-state index contributed by atoms with van der Waals surface area (Å²) >= 11 is 1.50. The Bertz CT molecular complexity index is 437. The number of nitrogens with zero attached hydrogens (tertiary/aromatic N) is 1. The Labute approximate surface area is 79.2 Å². The van der Waals surface area contributed by atoms with Gasteiger partial charge >= 0.3 is 0 Å². The molecule has 0 fully saturated rings. The molecule has 3 nitrogen and oxygen atoms in total. The molecule has 1 aromatic heterocycles. The van der Waals surface area contributed by atoms with Crippen molar-refractivity contribution < 1.29 is 4.74 Å². The van der Waals surface area contributed by atoms with Crippen LogP contribution in [0.4, 0.5) is 5.13 Å². The third-order valence-corrected chi connectivity index (χ3v) is 3.06. The monoisotopic (exact) mass is 192 g/mol. The zero-order valence-electron chi connectivity index (χ0n) is 6.91. The number of anilines is 1. The Morgan fingerprint density at radius 3 is 3.31 bits per heavy atom. The summed E-state index contributed by atoms with van der Waals surface area (Å²) in [6.45, 7) is 0.794. The average Bonchev–Trinajstić information content (AvgIpc) is 2.63. The maximum absolute atomic E-state index is 5.62. The van der Waals surface area contributed by atoms with Crippen molar-refractivity contribution in [3.63, 3.8) is 0 Å². The summed E-state index contributed by atoms with van der Waals surface area (Å²) in [5.41, 5.74) is 7.86. The van der Waals surface area contributed by atoms with Crippen LogP contribution in [-0.2, 0) is 6.42 Å². The van der Waals surface area contributed by atoms with Gasteiger partial charge in [0.1, 0.15) is 5.75 Å². The molecule has 4 heteroatoms. The first-order chi connectivity index (χ1) is 6.33. The fourth-order valence-electron chi connectivity index (χ4n) is 1.62. The van der Waals surface area contributed by atoms with Gasteiger partial charge in [-0.05, 0) is 17.7 Å². The topological polar surface area (TPSA) is 48.1 Å². The van der Waals surface area contributed by atoms with Gasteiger partial charge in [-0.2, -0.15) is 0 Å². The van der Waals surface area contributed by atoms with Gasteiger partial charge in [0.2, 0.25) is 0 Å². The zero-order valence-corrected chi connectivity index (χ0v) is 7.73. The fourth-order valence-corrected chi connectivity index (χ4v) is 2.36. The van der Waals surface area contributed by atoms with Gasteiger partial charge < -0.3 is 10.5 Å². The van der Waals surface area contributed by atoms with E-state index in [0.29, 0.717) is 5.13 Å². The number of rotatable bonds is 0. The molecule has 0 aliphatic carbocycles. The molecule has 2 aromatic rings. The first-order valence-corrected chi connectivity index (χ1v) is 4.96. The van der Waals surface area contributed by atoms with E-state index in [1.165, 1.54) is 16.9 Å². The highest BCUT2D eigenvalue weighted by molar-refractivity contribution is 7.22. The lowest BCUT2D eigenvalue weighted by molar-refractivity contribution is 0.357. The second kappa shape index (κ2) is 2.35. The largest absolute Gasteiger partial charge is 0.493 e. The third kappa shape index (κ3) is 0.986. The number of ether oxygens (including phenoxy) is 1. The number of nitrogen functional groups attached to an aromatic ring is 1. The van der Waals surface area contributed by atoms with Crippen molar-refractivity contribution in [3.05, 3.63) is 17.7 Å².